The molecule has 0 aliphatic carbocycles. The first-order valence-corrected chi connectivity index (χ1v) is 15.9. The normalized spacial score (nSPS) is 9.46. The third-order valence-corrected chi connectivity index (χ3v) is 6.35. The van der Waals surface area contributed by atoms with Gasteiger partial charge in [0, 0.05) is 43.0 Å². The highest BCUT2D eigenvalue weighted by Crippen LogP contribution is 2.13. The fourth-order valence-corrected chi connectivity index (χ4v) is 3.65. The maximum atomic E-state index is 10.1. The van der Waals surface area contributed by atoms with Crippen molar-refractivity contribution >= 4 is 17.9 Å². The Kier molecular flexibility index (Phi) is 21.5. The van der Waals surface area contributed by atoms with Crippen LogP contribution in [0.1, 0.15) is 71.1 Å². The van der Waals surface area contributed by atoms with E-state index in [1.807, 2.05) is 69.1 Å². The average Bonchev–Trinajstić information content (AvgIpc) is 3.09. The molecule has 0 saturated heterocycles. The van der Waals surface area contributed by atoms with Gasteiger partial charge in [-0.3, -0.25) is 0 Å². The SMILES string of the molecule is CC(C)=CC[n+]1cccc(C#N)c1.CC(C)=CC[n+]1cccc(C#N)c1.CC(C)=CC[n+]1cccc(C#N)c1.O=C([O-])CC(O)(CC(=O)[O-])C(=O)[O-]. The van der Waals surface area contributed by atoms with Crippen LogP contribution in [0.2, 0.25) is 0 Å². The first-order valence-electron chi connectivity index (χ1n) is 15.9. The molecule has 0 amide bonds. The second-order valence-corrected chi connectivity index (χ2v) is 12.0. The van der Waals surface area contributed by atoms with E-state index in [4.69, 9.17) is 20.9 Å². The molecule has 1 N–H and O–H groups in total. The Morgan fingerprint density at radius 3 is 1.08 bits per heavy atom. The van der Waals surface area contributed by atoms with Crippen molar-refractivity contribution in [1.29, 1.82) is 15.8 Å². The van der Waals surface area contributed by atoms with Crippen LogP contribution in [-0.2, 0) is 34.0 Å². The molecule has 0 unspecified atom stereocenters. The highest BCUT2D eigenvalue weighted by atomic mass is 16.4. The summed E-state index contributed by atoms with van der Waals surface area (Å²) in [6.07, 6.45) is 15.1. The Bertz CT molecular complexity index is 1680. The number of carbonyl (C=O) groups is 3. The van der Waals surface area contributed by atoms with Gasteiger partial charge in [0.05, 0.1) is 5.97 Å². The predicted octanol–water partition coefficient (Wildman–Crippen LogP) is 0.183. The Labute approximate surface area is 304 Å². The Balaban J connectivity index is 0.000000667. The van der Waals surface area contributed by atoms with Crippen molar-refractivity contribution in [2.24, 2.45) is 0 Å². The molecule has 0 atom stereocenters. The van der Waals surface area contributed by atoms with E-state index in [2.05, 4.69) is 78.0 Å². The first-order chi connectivity index (χ1) is 24.4. The van der Waals surface area contributed by atoms with Crippen molar-refractivity contribution < 1.29 is 48.5 Å². The lowest BCUT2D eigenvalue weighted by atomic mass is 9.96. The number of nitriles is 3. The van der Waals surface area contributed by atoms with Crippen molar-refractivity contribution in [3.63, 3.8) is 0 Å². The summed E-state index contributed by atoms with van der Waals surface area (Å²) < 4.78 is 5.97. The Hall–Kier alpha value is -6.49. The molecular formula is C39H44N6O7. The summed E-state index contributed by atoms with van der Waals surface area (Å²) in [6, 6.07) is 17.4. The molecule has 3 rings (SSSR count). The molecule has 0 aromatic carbocycles. The quantitative estimate of drug-likeness (QED) is 0.210. The predicted molar refractivity (Wildman–Crippen MR) is 182 cm³/mol. The van der Waals surface area contributed by atoms with Crippen LogP contribution in [0.4, 0.5) is 0 Å². The Morgan fingerprint density at radius 2 is 0.885 bits per heavy atom. The summed E-state index contributed by atoms with van der Waals surface area (Å²) in [5, 5.41) is 64.9. The molecule has 13 heteroatoms. The maximum Gasteiger partial charge on any atom is 0.186 e. The molecule has 0 aliphatic heterocycles. The Morgan fingerprint density at radius 1 is 0.615 bits per heavy atom. The van der Waals surface area contributed by atoms with Crippen molar-refractivity contribution in [2.45, 2.75) is 79.6 Å². The first kappa shape index (κ1) is 45.5. The van der Waals surface area contributed by atoms with Crippen molar-refractivity contribution in [1.82, 2.24) is 0 Å². The van der Waals surface area contributed by atoms with E-state index in [-0.39, 0.29) is 0 Å². The molecule has 0 fully saturated rings. The molecule has 0 aliphatic rings. The summed E-state index contributed by atoms with van der Waals surface area (Å²) >= 11 is 0. The van der Waals surface area contributed by atoms with Crippen molar-refractivity contribution in [3.05, 3.63) is 125 Å². The largest absolute Gasteiger partial charge is 0.550 e. The van der Waals surface area contributed by atoms with Crippen LogP contribution >= 0.6 is 0 Å². The van der Waals surface area contributed by atoms with E-state index in [0.717, 1.165) is 19.6 Å². The van der Waals surface area contributed by atoms with Crippen LogP contribution in [0.15, 0.2) is 109 Å². The summed E-state index contributed by atoms with van der Waals surface area (Å²) in [4.78, 5) is 30.0. The van der Waals surface area contributed by atoms with Gasteiger partial charge in [-0.15, -0.1) is 0 Å². The number of rotatable bonds is 11. The average molecular weight is 709 g/mol. The zero-order valence-electron chi connectivity index (χ0n) is 30.3. The van der Waals surface area contributed by atoms with Gasteiger partial charge in [-0.2, -0.15) is 15.8 Å². The van der Waals surface area contributed by atoms with E-state index >= 15 is 0 Å². The minimum atomic E-state index is -2.97. The molecular weight excluding hydrogens is 664 g/mol. The fraction of sp³-hybridized carbons (Fsp3) is 0.308. The zero-order valence-corrected chi connectivity index (χ0v) is 30.3. The number of aliphatic hydroxyl groups is 1. The molecule has 0 saturated carbocycles. The number of carboxylic acid groups (broad SMARTS) is 3. The van der Waals surface area contributed by atoms with E-state index in [1.54, 1.807) is 18.2 Å². The number of aromatic nitrogens is 3. The smallest absolute Gasteiger partial charge is 0.186 e. The van der Waals surface area contributed by atoms with Crippen LogP contribution in [0.3, 0.4) is 0 Å². The van der Waals surface area contributed by atoms with Gasteiger partial charge in [0.15, 0.2) is 56.8 Å². The number of aliphatic carboxylic acids is 3. The van der Waals surface area contributed by atoms with Crippen LogP contribution in [0.5, 0.6) is 0 Å². The third-order valence-electron chi connectivity index (χ3n) is 6.35. The summed E-state index contributed by atoms with van der Waals surface area (Å²) in [5.41, 5.74) is 2.98. The molecule has 0 spiro atoms. The topological polar surface area (TPSA) is 224 Å². The molecule has 0 bridgehead atoms. The molecule has 3 aromatic rings. The van der Waals surface area contributed by atoms with Gasteiger partial charge in [-0.05, 0) is 78.0 Å². The lowest BCUT2D eigenvalue weighted by Gasteiger charge is -2.29. The van der Waals surface area contributed by atoms with Gasteiger partial charge < -0.3 is 34.8 Å². The van der Waals surface area contributed by atoms with Gasteiger partial charge in [0.1, 0.15) is 40.5 Å². The number of carboxylic acids is 3. The van der Waals surface area contributed by atoms with E-state index in [1.165, 1.54) is 16.7 Å². The van der Waals surface area contributed by atoms with Gasteiger partial charge in [-0.1, -0.05) is 16.7 Å². The van der Waals surface area contributed by atoms with Gasteiger partial charge in [-0.25, -0.2) is 13.7 Å². The van der Waals surface area contributed by atoms with Crippen LogP contribution in [-0.4, -0.2) is 28.6 Å². The molecule has 3 heterocycles. The minimum Gasteiger partial charge on any atom is -0.550 e. The highest BCUT2D eigenvalue weighted by molar-refractivity contribution is 5.86. The molecule has 3 aromatic heterocycles. The lowest BCUT2D eigenvalue weighted by molar-refractivity contribution is -0.687. The molecule has 13 nitrogen and oxygen atoms in total. The van der Waals surface area contributed by atoms with Crippen LogP contribution < -0.4 is 29.0 Å². The third kappa shape index (κ3) is 21.5. The molecule has 272 valence electrons. The minimum absolute atomic E-state index is 0.699. The monoisotopic (exact) mass is 708 g/mol. The van der Waals surface area contributed by atoms with Gasteiger partial charge in [0.25, 0.3) is 0 Å². The lowest BCUT2D eigenvalue weighted by Crippen LogP contribution is -2.54. The van der Waals surface area contributed by atoms with E-state index < -0.39 is 36.4 Å². The number of hydrogen-bond donors (Lipinski definition) is 1. The number of hydrogen-bond acceptors (Lipinski definition) is 10. The van der Waals surface area contributed by atoms with Crippen molar-refractivity contribution in [2.75, 3.05) is 0 Å². The van der Waals surface area contributed by atoms with Gasteiger partial charge in [0.2, 0.25) is 0 Å². The zero-order chi connectivity index (χ0) is 39.7. The molecule has 52 heavy (non-hydrogen) atoms. The summed E-state index contributed by atoms with van der Waals surface area (Å²) in [6.45, 7) is 14.9. The standard InChI is InChI=1S/3C11H13N2.C6H8O7/c3*1-10(2)5-7-13-6-3-4-11(8-12)9-13;7-3(8)1-6(13,5(11)12)2-4(9)10/h3*3-6,9H,7H2,1-2H3;13H,1-2H2,(H,7,8)(H,9,10)(H,11,12)/q3*+1;/p-3. The van der Waals surface area contributed by atoms with E-state index in [9.17, 15) is 29.7 Å². The van der Waals surface area contributed by atoms with Crippen molar-refractivity contribution in [3.8, 4) is 18.2 Å². The summed E-state index contributed by atoms with van der Waals surface area (Å²) in [7, 11) is 0. The fourth-order valence-electron chi connectivity index (χ4n) is 3.65. The highest BCUT2D eigenvalue weighted by Gasteiger charge is 2.29. The summed E-state index contributed by atoms with van der Waals surface area (Å²) in [5.74, 6) is -5.98. The number of pyridine rings is 3. The maximum absolute atomic E-state index is 10.1. The van der Waals surface area contributed by atoms with Crippen LogP contribution in [0, 0.1) is 34.0 Å². The second kappa shape index (κ2) is 24.6. The van der Waals surface area contributed by atoms with Gasteiger partial charge >= 0.3 is 0 Å². The van der Waals surface area contributed by atoms with E-state index in [0.29, 0.717) is 16.7 Å². The second-order valence-electron chi connectivity index (χ2n) is 12.0. The molecule has 0 radical (unpaired) electrons. The number of allylic oxidation sites excluding steroid dienone is 6. The van der Waals surface area contributed by atoms with Crippen LogP contribution in [0.25, 0.3) is 0 Å². The number of carbonyl (C=O) groups excluding carboxylic acids is 3. The number of nitrogens with zero attached hydrogens (tertiary/aromatic N) is 6.